The summed E-state index contributed by atoms with van der Waals surface area (Å²) in [7, 11) is 3.20. The van der Waals surface area contributed by atoms with Gasteiger partial charge in [0.25, 0.3) is 0 Å². The fourth-order valence-electron chi connectivity index (χ4n) is 3.76. The molecule has 0 saturated carbocycles. The molecule has 1 atom stereocenters. The van der Waals surface area contributed by atoms with E-state index < -0.39 is 0 Å². The van der Waals surface area contributed by atoms with Crippen molar-refractivity contribution in [2.45, 2.75) is 57.8 Å². The molecule has 3 rings (SSSR count). The van der Waals surface area contributed by atoms with Gasteiger partial charge >= 0.3 is 0 Å². The van der Waals surface area contributed by atoms with Crippen LogP contribution in [0.3, 0.4) is 0 Å². The van der Waals surface area contributed by atoms with E-state index in [1.165, 1.54) is 12.8 Å². The third-order valence-corrected chi connectivity index (χ3v) is 5.45. The Morgan fingerprint density at radius 1 is 1.21 bits per heavy atom. The molecule has 7 nitrogen and oxygen atoms in total. The van der Waals surface area contributed by atoms with Crippen molar-refractivity contribution in [2.75, 3.05) is 27.3 Å². The minimum atomic E-state index is 0.0877. The highest BCUT2D eigenvalue weighted by molar-refractivity contribution is 5.76. The summed E-state index contributed by atoms with van der Waals surface area (Å²) in [5, 5.41) is 4.15. The van der Waals surface area contributed by atoms with Crippen molar-refractivity contribution in [1.82, 2.24) is 15.0 Å². The number of aromatic nitrogens is 2. The van der Waals surface area contributed by atoms with Crippen molar-refractivity contribution in [3.8, 4) is 22.9 Å². The number of rotatable bonds is 9. The van der Waals surface area contributed by atoms with Crippen LogP contribution in [0.1, 0.15) is 63.7 Å². The Balaban J connectivity index is 1.64. The number of hydrogen-bond acceptors (Lipinski definition) is 6. The second-order valence-corrected chi connectivity index (χ2v) is 7.52. The molecule has 0 bridgehead atoms. The first-order valence-electron chi connectivity index (χ1n) is 10.5. The highest BCUT2D eigenvalue weighted by atomic mass is 16.5. The molecule has 1 aliphatic rings. The van der Waals surface area contributed by atoms with Crippen molar-refractivity contribution >= 4 is 5.91 Å². The van der Waals surface area contributed by atoms with E-state index in [2.05, 4.69) is 17.1 Å². The number of ether oxygens (including phenoxy) is 2. The number of carbonyl (C=O) groups excluding carboxylic acids is 1. The molecule has 29 heavy (non-hydrogen) atoms. The minimum Gasteiger partial charge on any atom is -0.493 e. The molecular weight excluding hydrogens is 370 g/mol. The first-order chi connectivity index (χ1) is 14.2. The molecule has 0 N–H and O–H groups in total. The number of likely N-dealkylation sites (tertiary alicyclic amines) is 1. The van der Waals surface area contributed by atoms with E-state index in [-0.39, 0.29) is 11.8 Å². The zero-order valence-electron chi connectivity index (χ0n) is 17.6. The second kappa shape index (κ2) is 10.3. The van der Waals surface area contributed by atoms with Crippen LogP contribution in [0.15, 0.2) is 22.7 Å². The fraction of sp³-hybridized carbons (Fsp3) is 0.591. The van der Waals surface area contributed by atoms with Crippen LogP contribution in [0.5, 0.6) is 11.5 Å². The molecule has 0 radical (unpaired) electrons. The Hall–Kier alpha value is -2.57. The Morgan fingerprint density at radius 3 is 2.79 bits per heavy atom. The highest BCUT2D eigenvalue weighted by Gasteiger charge is 2.28. The third-order valence-electron chi connectivity index (χ3n) is 5.45. The molecule has 2 heterocycles. The maximum absolute atomic E-state index is 12.5. The number of methoxy groups -OCH3 is 2. The highest BCUT2D eigenvalue weighted by Crippen LogP contribution is 2.33. The topological polar surface area (TPSA) is 77.7 Å². The predicted molar refractivity (Wildman–Crippen MR) is 110 cm³/mol. The van der Waals surface area contributed by atoms with Crippen molar-refractivity contribution in [1.29, 1.82) is 0 Å². The lowest BCUT2D eigenvalue weighted by Gasteiger charge is -2.31. The first kappa shape index (κ1) is 21.1. The Labute approximate surface area is 172 Å². The van der Waals surface area contributed by atoms with Gasteiger partial charge in [0.2, 0.25) is 17.6 Å². The van der Waals surface area contributed by atoms with E-state index in [9.17, 15) is 4.79 Å². The number of piperidine rings is 1. The lowest BCUT2D eigenvalue weighted by Crippen LogP contribution is -2.39. The molecule has 158 valence electrons. The fourth-order valence-corrected chi connectivity index (χ4v) is 3.76. The minimum absolute atomic E-state index is 0.0877. The molecule has 1 aliphatic heterocycles. The van der Waals surface area contributed by atoms with Gasteiger partial charge < -0.3 is 18.9 Å². The van der Waals surface area contributed by atoms with Crippen LogP contribution in [0.2, 0.25) is 0 Å². The van der Waals surface area contributed by atoms with Gasteiger partial charge in [-0.15, -0.1) is 0 Å². The van der Waals surface area contributed by atoms with Crippen LogP contribution in [0.25, 0.3) is 11.4 Å². The number of benzene rings is 1. The number of hydrogen-bond donors (Lipinski definition) is 0. The molecule has 0 unspecified atom stereocenters. The van der Waals surface area contributed by atoms with Crippen molar-refractivity contribution in [3.63, 3.8) is 0 Å². The average Bonchev–Trinajstić information content (AvgIpc) is 3.26. The van der Waals surface area contributed by atoms with E-state index in [0.717, 1.165) is 37.8 Å². The zero-order valence-corrected chi connectivity index (χ0v) is 17.6. The molecule has 1 saturated heterocycles. The van der Waals surface area contributed by atoms with E-state index >= 15 is 0 Å². The van der Waals surface area contributed by atoms with Crippen molar-refractivity contribution in [3.05, 3.63) is 24.1 Å². The monoisotopic (exact) mass is 401 g/mol. The summed E-state index contributed by atoms with van der Waals surface area (Å²) in [5.41, 5.74) is 0.803. The van der Waals surface area contributed by atoms with E-state index in [1.807, 2.05) is 23.1 Å². The molecule has 2 aromatic rings. The van der Waals surface area contributed by atoms with Crippen LogP contribution in [-0.2, 0) is 4.79 Å². The predicted octanol–water partition coefficient (Wildman–Crippen LogP) is 4.43. The van der Waals surface area contributed by atoms with Crippen LogP contribution in [0, 0.1) is 0 Å². The summed E-state index contributed by atoms with van der Waals surface area (Å²) in [6.45, 7) is 3.65. The SMILES string of the molecule is CCCCCCC(=O)N1CCC[C@H](c2nc(-c3ccc(OC)c(OC)c3)no2)C1. The number of nitrogens with zero attached hydrogens (tertiary/aromatic N) is 3. The summed E-state index contributed by atoms with van der Waals surface area (Å²) in [5.74, 6) is 2.71. The molecule has 1 amide bonds. The summed E-state index contributed by atoms with van der Waals surface area (Å²) in [6.07, 6.45) is 7.01. The Morgan fingerprint density at radius 2 is 2.03 bits per heavy atom. The Kier molecular flexibility index (Phi) is 7.49. The van der Waals surface area contributed by atoms with Crippen LogP contribution < -0.4 is 9.47 Å². The van der Waals surface area contributed by atoms with Gasteiger partial charge in [0, 0.05) is 25.1 Å². The van der Waals surface area contributed by atoms with Crippen molar-refractivity contribution in [2.24, 2.45) is 0 Å². The normalized spacial score (nSPS) is 16.7. The summed E-state index contributed by atoms with van der Waals surface area (Å²) in [6, 6.07) is 5.53. The maximum Gasteiger partial charge on any atom is 0.231 e. The zero-order chi connectivity index (χ0) is 20.6. The first-order valence-corrected chi connectivity index (χ1v) is 10.5. The molecule has 1 aromatic heterocycles. The molecule has 0 aliphatic carbocycles. The van der Waals surface area contributed by atoms with Gasteiger partial charge in [0.05, 0.1) is 20.1 Å². The van der Waals surface area contributed by atoms with E-state index in [4.69, 9.17) is 14.0 Å². The average molecular weight is 402 g/mol. The van der Waals surface area contributed by atoms with Gasteiger partial charge in [0.15, 0.2) is 11.5 Å². The molecule has 0 spiro atoms. The van der Waals surface area contributed by atoms with Crippen LogP contribution in [-0.4, -0.2) is 48.3 Å². The molecular formula is C22H31N3O4. The molecule has 7 heteroatoms. The molecule has 1 fully saturated rings. The maximum atomic E-state index is 12.5. The van der Waals surface area contributed by atoms with Gasteiger partial charge in [0.1, 0.15) is 0 Å². The van der Waals surface area contributed by atoms with E-state index in [0.29, 0.717) is 36.2 Å². The second-order valence-electron chi connectivity index (χ2n) is 7.52. The largest absolute Gasteiger partial charge is 0.493 e. The van der Waals surface area contributed by atoms with Crippen molar-refractivity contribution < 1.29 is 18.8 Å². The quantitative estimate of drug-likeness (QED) is 0.579. The summed E-state index contributed by atoms with van der Waals surface area (Å²) >= 11 is 0. The van der Waals surface area contributed by atoms with Gasteiger partial charge in [-0.2, -0.15) is 4.98 Å². The standard InChI is InChI=1S/C22H31N3O4/c1-4-5-6-7-10-20(26)25-13-8-9-17(15-25)22-23-21(24-29-22)16-11-12-18(27-2)19(14-16)28-3/h11-12,14,17H,4-10,13,15H2,1-3H3/t17-/m0/s1. The van der Waals surface area contributed by atoms with Gasteiger partial charge in [-0.1, -0.05) is 31.3 Å². The number of unbranched alkanes of at least 4 members (excludes halogenated alkanes) is 3. The smallest absolute Gasteiger partial charge is 0.231 e. The summed E-state index contributed by atoms with van der Waals surface area (Å²) < 4.78 is 16.2. The van der Waals surface area contributed by atoms with Crippen LogP contribution >= 0.6 is 0 Å². The lowest BCUT2D eigenvalue weighted by atomic mass is 9.97. The summed E-state index contributed by atoms with van der Waals surface area (Å²) in [4.78, 5) is 19.1. The molecule has 1 aromatic carbocycles. The van der Waals surface area contributed by atoms with E-state index in [1.54, 1.807) is 14.2 Å². The number of amides is 1. The Bertz CT molecular complexity index is 805. The van der Waals surface area contributed by atoms with Gasteiger partial charge in [-0.05, 0) is 37.5 Å². The third kappa shape index (κ3) is 5.28. The van der Waals surface area contributed by atoms with Gasteiger partial charge in [-0.25, -0.2) is 0 Å². The number of carbonyl (C=O) groups is 1. The van der Waals surface area contributed by atoms with Crippen LogP contribution in [0.4, 0.5) is 0 Å². The van der Waals surface area contributed by atoms with Gasteiger partial charge in [-0.3, -0.25) is 4.79 Å². The lowest BCUT2D eigenvalue weighted by molar-refractivity contribution is -0.132.